The maximum atomic E-state index is 12.9. The van der Waals surface area contributed by atoms with Crippen LogP contribution in [0.4, 0.5) is 0 Å². The van der Waals surface area contributed by atoms with Crippen molar-refractivity contribution < 1.29 is 9.53 Å². The number of aromatic nitrogens is 2. The maximum absolute atomic E-state index is 12.9. The molecule has 26 heavy (non-hydrogen) atoms. The van der Waals surface area contributed by atoms with E-state index in [2.05, 4.69) is 33.9 Å². The van der Waals surface area contributed by atoms with E-state index in [1.165, 1.54) is 11.1 Å². The molecule has 2 aliphatic rings. The fourth-order valence-corrected chi connectivity index (χ4v) is 4.84. The minimum Gasteiger partial charge on any atom is -0.378 e. The number of fused-ring (bicyclic) bond motifs is 2. The van der Waals surface area contributed by atoms with Crippen molar-refractivity contribution in [2.75, 3.05) is 20.2 Å². The lowest BCUT2D eigenvalue weighted by molar-refractivity contribution is 0.00396. The molecule has 1 amide bonds. The molecular formula is C20H26N4O2. The lowest BCUT2D eigenvalue weighted by Crippen LogP contribution is -2.49. The first-order chi connectivity index (χ1) is 12.6. The van der Waals surface area contributed by atoms with Gasteiger partial charge in [-0.15, -0.1) is 0 Å². The first-order valence-corrected chi connectivity index (χ1v) is 9.21. The number of carbonyl (C=O) groups is 1. The Morgan fingerprint density at radius 1 is 1.35 bits per heavy atom. The Morgan fingerprint density at radius 2 is 2.08 bits per heavy atom. The predicted molar refractivity (Wildman–Crippen MR) is 99.2 cm³/mol. The van der Waals surface area contributed by atoms with E-state index in [-0.39, 0.29) is 23.5 Å². The van der Waals surface area contributed by atoms with Crippen LogP contribution in [0.1, 0.15) is 46.1 Å². The molecule has 1 aromatic carbocycles. The molecule has 2 atom stereocenters. The van der Waals surface area contributed by atoms with Crippen LogP contribution >= 0.6 is 0 Å². The molecule has 0 unspecified atom stereocenters. The van der Waals surface area contributed by atoms with Gasteiger partial charge in [-0.2, -0.15) is 5.10 Å². The van der Waals surface area contributed by atoms with Gasteiger partial charge in [0.15, 0.2) is 0 Å². The Bertz CT molecular complexity index is 823. The van der Waals surface area contributed by atoms with E-state index < -0.39 is 0 Å². The molecular weight excluding hydrogens is 328 g/mol. The van der Waals surface area contributed by atoms with Crippen LogP contribution in [0.2, 0.25) is 0 Å². The number of nitrogens with zero attached hydrogens (tertiary/aromatic N) is 2. The highest BCUT2D eigenvalue weighted by molar-refractivity contribution is 5.95. The third-order valence-corrected chi connectivity index (χ3v) is 5.97. The number of nitrogens with one attached hydrogen (secondary N) is 2. The summed E-state index contributed by atoms with van der Waals surface area (Å²) >= 11 is 0. The predicted octanol–water partition coefficient (Wildman–Crippen LogP) is 1.85. The van der Waals surface area contributed by atoms with E-state index in [9.17, 15) is 4.79 Å². The summed E-state index contributed by atoms with van der Waals surface area (Å²) in [6.07, 6.45) is 3.73. The Balaban J connectivity index is 1.71. The van der Waals surface area contributed by atoms with E-state index in [1.54, 1.807) is 18.0 Å². The molecule has 6 heteroatoms. The highest BCUT2D eigenvalue weighted by Crippen LogP contribution is 2.51. The molecule has 0 radical (unpaired) electrons. The van der Waals surface area contributed by atoms with E-state index in [0.29, 0.717) is 5.56 Å². The van der Waals surface area contributed by atoms with Crippen LogP contribution in [0.5, 0.6) is 0 Å². The average Bonchev–Trinajstić information content (AvgIpc) is 3.11. The Hall–Kier alpha value is -2.18. The van der Waals surface area contributed by atoms with Gasteiger partial charge in [-0.25, -0.2) is 0 Å². The van der Waals surface area contributed by atoms with Crippen LogP contribution in [0.3, 0.4) is 0 Å². The van der Waals surface area contributed by atoms with Crippen molar-refractivity contribution in [2.45, 2.75) is 37.3 Å². The van der Waals surface area contributed by atoms with Gasteiger partial charge in [0.1, 0.15) is 0 Å². The Kier molecular flexibility index (Phi) is 4.32. The SMILES string of the molecule is CO[C@@H]1[C@@H](NC(=O)c2cn(C)nc2C)c2ccccc2C12CCNCC2. The third kappa shape index (κ3) is 2.56. The van der Waals surface area contributed by atoms with Crippen molar-refractivity contribution in [2.24, 2.45) is 7.05 Å². The second-order valence-corrected chi connectivity index (χ2v) is 7.40. The zero-order chi connectivity index (χ0) is 18.3. The molecule has 0 bridgehead atoms. The number of carbonyl (C=O) groups excluding carboxylic acids is 1. The van der Waals surface area contributed by atoms with Gasteiger partial charge < -0.3 is 15.4 Å². The molecule has 1 fully saturated rings. The number of piperidine rings is 1. The molecule has 1 aliphatic carbocycles. The zero-order valence-corrected chi connectivity index (χ0v) is 15.6. The number of hydrogen-bond donors (Lipinski definition) is 2. The van der Waals surface area contributed by atoms with Gasteiger partial charge in [0, 0.05) is 25.8 Å². The molecule has 2 heterocycles. The molecule has 138 valence electrons. The van der Waals surface area contributed by atoms with Crippen molar-refractivity contribution in [3.63, 3.8) is 0 Å². The summed E-state index contributed by atoms with van der Waals surface area (Å²) in [6, 6.07) is 8.31. The molecule has 4 rings (SSSR count). The van der Waals surface area contributed by atoms with Gasteiger partial charge in [0.25, 0.3) is 5.91 Å². The molecule has 2 aromatic rings. The summed E-state index contributed by atoms with van der Waals surface area (Å²) in [7, 11) is 3.59. The third-order valence-electron chi connectivity index (χ3n) is 5.97. The van der Waals surface area contributed by atoms with Crippen LogP contribution in [0.15, 0.2) is 30.5 Å². The van der Waals surface area contributed by atoms with Gasteiger partial charge in [-0.1, -0.05) is 24.3 Å². The number of hydrogen-bond acceptors (Lipinski definition) is 4. The zero-order valence-electron chi connectivity index (χ0n) is 15.6. The Morgan fingerprint density at radius 3 is 2.73 bits per heavy atom. The van der Waals surface area contributed by atoms with Gasteiger partial charge >= 0.3 is 0 Å². The molecule has 1 saturated heterocycles. The first-order valence-electron chi connectivity index (χ1n) is 9.21. The number of ether oxygens (including phenoxy) is 1. The van der Waals surface area contributed by atoms with Crippen molar-refractivity contribution in [3.8, 4) is 0 Å². The van der Waals surface area contributed by atoms with Gasteiger partial charge in [0.2, 0.25) is 0 Å². The highest BCUT2D eigenvalue weighted by atomic mass is 16.5. The van der Waals surface area contributed by atoms with Gasteiger partial charge in [0.05, 0.1) is 23.4 Å². The van der Waals surface area contributed by atoms with Crippen LogP contribution in [-0.4, -0.2) is 42.0 Å². The van der Waals surface area contributed by atoms with Crippen molar-refractivity contribution in [1.29, 1.82) is 0 Å². The minimum atomic E-state index is -0.151. The van der Waals surface area contributed by atoms with Crippen molar-refractivity contribution in [1.82, 2.24) is 20.4 Å². The number of methoxy groups -OCH3 is 1. The number of aryl methyl sites for hydroxylation is 2. The molecule has 1 aromatic heterocycles. The van der Waals surface area contributed by atoms with E-state index >= 15 is 0 Å². The van der Waals surface area contributed by atoms with Crippen molar-refractivity contribution >= 4 is 5.91 Å². The Labute approximate surface area is 153 Å². The largest absolute Gasteiger partial charge is 0.378 e. The fraction of sp³-hybridized carbons (Fsp3) is 0.500. The first kappa shape index (κ1) is 17.2. The van der Waals surface area contributed by atoms with E-state index in [1.807, 2.05) is 20.0 Å². The molecule has 0 saturated carbocycles. The number of amides is 1. The standard InChI is InChI=1S/C20H26N4O2/c1-13-15(12-24(2)23-13)19(25)22-17-14-6-4-5-7-16(14)20(18(17)26-3)8-10-21-11-9-20/h4-7,12,17-18,21H,8-11H2,1-3H3,(H,22,25)/t17-,18+/m0/s1. The summed E-state index contributed by atoms with van der Waals surface area (Å²) in [5, 5.41) is 11.0. The summed E-state index contributed by atoms with van der Waals surface area (Å²) in [5.74, 6) is -0.0940. The average molecular weight is 354 g/mol. The summed E-state index contributed by atoms with van der Waals surface area (Å²) in [5.41, 5.74) is 3.81. The van der Waals surface area contributed by atoms with Crippen LogP contribution in [0.25, 0.3) is 0 Å². The van der Waals surface area contributed by atoms with Crippen LogP contribution in [-0.2, 0) is 17.2 Å². The number of benzene rings is 1. The van der Waals surface area contributed by atoms with Crippen molar-refractivity contribution in [3.05, 3.63) is 52.8 Å². The van der Waals surface area contributed by atoms with Crippen LogP contribution < -0.4 is 10.6 Å². The monoisotopic (exact) mass is 354 g/mol. The second kappa shape index (κ2) is 6.52. The molecule has 2 N–H and O–H groups in total. The quantitative estimate of drug-likeness (QED) is 0.883. The maximum Gasteiger partial charge on any atom is 0.255 e. The number of rotatable bonds is 3. The fourth-order valence-electron chi connectivity index (χ4n) is 4.84. The summed E-state index contributed by atoms with van der Waals surface area (Å²) in [4.78, 5) is 12.9. The summed E-state index contributed by atoms with van der Waals surface area (Å²) < 4.78 is 7.68. The summed E-state index contributed by atoms with van der Waals surface area (Å²) in [6.45, 7) is 3.80. The lowest BCUT2D eigenvalue weighted by Gasteiger charge is -2.40. The van der Waals surface area contributed by atoms with Gasteiger partial charge in [-0.3, -0.25) is 9.48 Å². The van der Waals surface area contributed by atoms with Gasteiger partial charge in [-0.05, 0) is 44.0 Å². The molecule has 6 nitrogen and oxygen atoms in total. The van der Waals surface area contributed by atoms with Crippen LogP contribution in [0, 0.1) is 6.92 Å². The molecule has 1 aliphatic heterocycles. The normalized spacial score (nSPS) is 23.8. The van der Waals surface area contributed by atoms with E-state index in [0.717, 1.165) is 31.6 Å². The smallest absolute Gasteiger partial charge is 0.255 e. The lowest BCUT2D eigenvalue weighted by atomic mass is 9.72. The highest BCUT2D eigenvalue weighted by Gasteiger charge is 2.53. The second-order valence-electron chi connectivity index (χ2n) is 7.40. The molecule has 1 spiro atoms. The topological polar surface area (TPSA) is 68.2 Å². The minimum absolute atomic E-state index is 0.0431. The van der Waals surface area contributed by atoms with E-state index in [4.69, 9.17) is 4.74 Å².